The Kier molecular flexibility index (Phi) is 8.46. The van der Waals surface area contributed by atoms with Crippen LogP contribution in [-0.4, -0.2) is 97.8 Å². The average Bonchev–Trinajstić information content (AvgIpc) is 3.00. The highest BCUT2D eigenvalue weighted by molar-refractivity contribution is 5.79. The van der Waals surface area contributed by atoms with Crippen LogP contribution in [0.15, 0.2) is 11.6 Å². The van der Waals surface area contributed by atoms with Gasteiger partial charge in [-0.25, -0.2) is 0 Å². The van der Waals surface area contributed by atoms with E-state index in [1.54, 1.807) is 0 Å². The van der Waals surface area contributed by atoms with Crippen molar-refractivity contribution in [3.63, 3.8) is 0 Å². The van der Waals surface area contributed by atoms with E-state index in [1.807, 2.05) is 0 Å². The van der Waals surface area contributed by atoms with Crippen LogP contribution < -0.4 is 0 Å². The molecule has 0 aromatic carbocycles. The fourth-order valence-corrected chi connectivity index (χ4v) is 12.2. The van der Waals surface area contributed by atoms with E-state index < -0.39 is 66.3 Å². The van der Waals surface area contributed by atoms with Gasteiger partial charge in [-0.1, -0.05) is 53.2 Å². The van der Waals surface area contributed by atoms with Crippen LogP contribution in [0.25, 0.3) is 0 Å². The Labute approximate surface area is 273 Å². The predicted molar refractivity (Wildman–Crippen MR) is 168 cm³/mol. The van der Waals surface area contributed by atoms with Gasteiger partial charge in [0.15, 0.2) is 0 Å². The van der Waals surface area contributed by atoms with Gasteiger partial charge < -0.3 is 45.2 Å². The van der Waals surface area contributed by atoms with Crippen molar-refractivity contribution in [3.05, 3.63) is 11.6 Å². The standard InChI is InChI=1S/C36H58O10/c1-31(2)23-9-10-35(6)24(33(23,4)16-21(39)28(31)43)8-7-19-20-15-32(3,18-38)11-13-36(20,14-12-34(19,35)5)30(44)46-29-27(42)26(41)25(40)22(17-37)45-29/h7,20-29,37-43H,8-18H2,1-6H3/t20-,21-,22-,23+,24-,25-,26+,27-,28+,29+,32-,33+,34-,35-,36+/m1/s1. The van der Waals surface area contributed by atoms with Crippen LogP contribution in [0.1, 0.15) is 99.3 Å². The minimum atomic E-state index is -1.67. The van der Waals surface area contributed by atoms with Crippen molar-refractivity contribution in [2.75, 3.05) is 13.2 Å². The van der Waals surface area contributed by atoms with Gasteiger partial charge in [-0.05, 0) is 103 Å². The highest BCUT2D eigenvalue weighted by Gasteiger charge is 2.70. The van der Waals surface area contributed by atoms with Crippen LogP contribution in [0.5, 0.6) is 0 Å². The first-order valence-corrected chi connectivity index (χ1v) is 17.5. The molecule has 0 spiro atoms. The van der Waals surface area contributed by atoms with Crippen LogP contribution in [-0.2, 0) is 14.3 Å². The lowest BCUT2D eigenvalue weighted by atomic mass is 9.33. The third kappa shape index (κ3) is 4.60. The van der Waals surface area contributed by atoms with Gasteiger partial charge in [0.25, 0.3) is 0 Å². The molecule has 5 fully saturated rings. The van der Waals surface area contributed by atoms with Gasteiger partial charge in [-0.2, -0.15) is 0 Å². The summed E-state index contributed by atoms with van der Waals surface area (Å²) in [5, 5.41) is 73.7. The molecule has 1 aliphatic heterocycles. The van der Waals surface area contributed by atoms with Crippen molar-refractivity contribution >= 4 is 5.97 Å². The number of fused-ring (bicyclic) bond motifs is 7. The van der Waals surface area contributed by atoms with Crippen LogP contribution in [0.4, 0.5) is 0 Å². The maximum Gasteiger partial charge on any atom is 0.315 e. The van der Waals surface area contributed by atoms with Gasteiger partial charge in [0.05, 0.1) is 24.2 Å². The second-order valence-electron chi connectivity index (χ2n) is 17.8. The molecule has 5 aliphatic carbocycles. The first-order valence-electron chi connectivity index (χ1n) is 17.5. The van der Waals surface area contributed by atoms with E-state index in [0.717, 1.165) is 25.7 Å². The predicted octanol–water partition coefficient (Wildman–Crippen LogP) is 2.44. The van der Waals surface area contributed by atoms with Gasteiger partial charge in [0.1, 0.15) is 24.4 Å². The lowest BCUT2D eigenvalue weighted by Gasteiger charge is -2.71. The molecule has 0 radical (unpaired) electrons. The van der Waals surface area contributed by atoms with E-state index in [0.29, 0.717) is 32.1 Å². The molecule has 7 N–H and O–H groups in total. The fraction of sp³-hybridized carbons (Fsp3) is 0.917. The number of esters is 1. The number of aliphatic hydroxyl groups is 7. The van der Waals surface area contributed by atoms with Gasteiger partial charge in [0.2, 0.25) is 6.29 Å². The normalized spacial score (nSPS) is 54.8. The SMILES string of the molecule is CC1(C)[C@@H](O)[C@H](O)C[C@]2(C)[C@H]3CC=C4[C@H]5C[C@](C)(CO)CC[C@]5(C(=O)O[C@@H]5O[C@H](CO)[C@@H](O)[C@H](O)[C@H]5O)CC[C@@]4(C)[C@]3(C)CC[C@@H]12. The maximum atomic E-state index is 14.4. The van der Waals surface area contributed by atoms with E-state index in [2.05, 4.69) is 47.6 Å². The quantitative estimate of drug-likeness (QED) is 0.177. The number of ether oxygens (including phenoxy) is 2. The monoisotopic (exact) mass is 650 g/mol. The number of carbonyl (C=O) groups is 1. The topological polar surface area (TPSA) is 177 Å². The Hall–Kier alpha value is -1.11. The second-order valence-corrected chi connectivity index (χ2v) is 17.8. The molecule has 0 aromatic heterocycles. The average molecular weight is 651 g/mol. The van der Waals surface area contributed by atoms with Crippen LogP contribution in [0, 0.1) is 50.2 Å². The number of carbonyl (C=O) groups excluding carboxylic acids is 1. The number of rotatable bonds is 4. The summed E-state index contributed by atoms with van der Waals surface area (Å²) in [5.74, 6) is -0.194. The molecule has 10 nitrogen and oxygen atoms in total. The fourth-order valence-electron chi connectivity index (χ4n) is 12.2. The highest BCUT2D eigenvalue weighted by atomic mass is 16.7. The number of hydrogen-bond donors (Lipinski definition) is 7. The summed E-state index contributed by atoms with van der Waals surface area (Å²) in [4.78, 5) is 14.4. The molecule has 15 atom stereocenters. The molecular formula is C36H58O10. The molecular weight excluding hydrogens is 592 g/mol. The van der Waals surface area contributed by atoms with Gasteiger partial charge in [0, 0.05) is 6.61 Å². The zero-order chi connectivity index (χ0) is 33.8. The third-order valence-electron chi connectivity index (χ3n) is 15.3. The van der Waals surface area contributed by atoms with Crippen LogP contribution in [0.2, 0.25) is 0 Å². The van der Waals surface area contributed by atoms with Crippen molar-refractivity contribution in [2.24, 2.45) is 50.2 Å². The lowest BCUT2D eigenvalue weighted by Crippen LogP contribution is -2.67. The van der Waals surface area contributed by atoms with Crippen molar-refractivity contribution in [2.45, 2.75) is 142 Å². The summed E-state index contributed by atoms with van der Waals surface area (Å²) in [6.45, 7) is 12.8. The van der Waals surface area contributed by atoms with Crippen molar-refractivity contribution in [3.8, 4) is 0 Å². The molecule has 1 saturated heterocycles. The summed E-state index contributed by atoms with van der Waals surface area (Å²) in [7, 11) is 0. The second kappa shape index (κ2) is 11.2. The Morgan fingerprint density at radius 1 is 0.870 bits per heavy atom. The van der Waals surface area contributed by atoms with E-state index >= 15 is 0 Å². The van der Waals surface area contributed by atoms with Gasteiger partial charge >= 0.3 is 5.97 Å². The Morgan fingerprint density at radius 3 is 2.20 bits per heavy atom. The molecule has 6 aliphatic rings. The van der Waals surface area contributed by atoms with E-state index in [-0.39, 0.29) is 46.0 Å². The Morgan fingerprint density at radius 2 is 1.54 bits per heavy atom. The molecule has 262 valence electrons. The number of aliphatic hydroxyl groups excluding tert-OH is 7. The first-order chi connectivity index (χ1) is 21.3. The first kappa shape index (κ1) is 34.7. The number of allylic oxidation sites excluding steroid dienone is 2. The highest BCUT2D eigenvalue weighted by Crippen LogP contribution is 2.75. The molecule has 0 aromatic rings. The maximum absolute atomic E-state index is 14.4. The van der Waals surface area contributed by atoms with E-state index in [1.165, 1.54) is 5.57 Å². The third-order valence-corrected chi connectivity index (χ3v) is 15.3. The molecule has 1 heterocycles. The van der Waals surface area contributed by atoms with E-state index in [4.69, 9.17) is 9.47 Å². The molecule has 6 rings (SSSR count). The zero-order valence-electron chi connectivity index (χ0n) is 28.5. The summed E-state index contributed by atoms with van der Waals surface area (Å²) in [5.41, 5.74) is -1.03. The summed E-state index contributed by atoms with van der Waals surface area (Å²) < 4.78 is 11.5. The van der Waals surface area contributed by atoms with Crippen molar-refractivity contribution < 1.29 is 50.0 Å². The van der Waals surface area contributed by atoms with Gasteiger partial charge in [-0.15, -0.1) is 0 Å². The van der Waals surface area contributed by atoms with Crippen LogP contribution in [0.3, 0.4) is 0 Å². The summed E-state index contributed by atoms with van der Waals surface area (Å²) >= 11 is 0. The van der Waals surface area contributed by atoms with Crippen LogP contribution >= 0.6 is 0 Å². The zero-order valence-corrected chi connectivity index (χ0v) is 28.5. The summed E-state index contributed by atoms with van der Waals surface area (Å²) in [6.07, 6.45) is -0.445. The molecule has 10 heteroatoms. The minimum absolute atomic E-state index is 0.000272. The molecule has 4 saturated carbocycles. The summed E-state index contributed by atoms with van der Waals surface area (Å²) in [6, 6.07) is 0. The molecule has 0 bridgehead atoms. The smallest absolute Gasteiger partial charge is 0.315 e. The Bertz CT molecular complexity index is 1240. The van der Waals surface area contributed by atoms with E-state index in [9.17, 15) is 40.5 Å². The van der Waals surface area contributed by atoms with Crippen molar-refractivity contribution in [1.82, 2.24) is 0 Å². The van der Waals surface area contributed by atoms with Crippen molar-refractivity contribution in [1.29, 1.82) is 0 Å². The molecule has 46 heavy (non-hydrogen) atoms. The lowest BCUT2D eigenvalue weighted by molar-refractivity contribution is -0.297. The molecule has 0 amide bonds. The Balaban J connectivity index is 1.37. The van der Waals surface area contributed by atoms with Gasteiger partial charge in [-0.3, -0.25) is 4.79 Å². The number of hydrogen-bond acceptors (Lipinski definition) is 10. The minimum Gasteiger partial charge on any atom is -0.432 e. The largest absolute Gasteiger partial charge is 0.432 e. The molecule has 0 unspecified atom stereocenters.